The van der Waals surface area contributed by atoms with E-state index in [0.717, 1.165) is 25.0 Å². The number of carbonyl (C=O) groups excluding carboxylic acids is 1. The number of hydrogen-bond donors (Lipinski definition) is 1. The Morgan fingerprint density at radius 2 is 1.89 bits per heavy atom. The molecular formula is C15H17NO2. The first-order valence-corrected chi connectivity index (χ1v) is 6.15. The van der Waals surface area contributed by atoms with Gasteiger partial charge in [-0.2, -0.15) is 0 Å². The second-order valence-corrected chi connectivity index (χ2v) is 4.22. The maximum absolute atomic E-state index is 11.5. The minimum atomic E-state index is -0.0570. The van der Waals surface area contributed by atoms with Gasteiger partial charge in [-0.15, -0.1) is 0 Å². The van der Waals surface area contributed by atoms with E-state index in [4.69, 9.17) is 10.2 Å². The van der Waals surface area contributed by atoms with Crippen molar-refractivity contribution in [2.24, 2.45) is 5.73 Å². The van der Waals surface area contributed by atoms with Crippen LogP contribution in [0.3, 0.4) is 0 Å². The van der Waals surface area contributed by atoms with Crippen molar-refractivity contribution in [1.82, 2.24) is 0 Å². The summed E-state index contributed by atoms with van der Waals surface area (Å²) in [5.41, 5.74) is 7.29. The van der Waals surface area contributed by atoms with Crippen LogP contribution < -0.4 is 5.73 Å². The molecule has 0 atom stereocenters. The minimum absolute atomic E-state index is 0.0330. The summed E-state index contributed by atoms with van der Waals surface area (Å²) in [5.74, 6) is 0.694. The van der Waals surface area contributed by atoms with Crippen LogP contribution in [0.5, 0.6) is 0 Å². The predicted octanol–water partition coefficient (Wildman–Crippen LogP) is 2.60. The van der Waals surface area contributed by atoms with Gasteiger partial charge in [-0.1, -0.05) is 30.3 Å². The van der Waals surface area contributed by atoms with Gasteiger partial charge < -0.3 is 10.2 Å². The third kappa shape index (κ3) is 3.08. The molecule has 1 heterocycles. The van der Waals surface area contributed by atoms with Crippen molar-refractivity contribution >= 4 is 5.78 Å². The normalized spacial score (nSPS) is 10.5. The first-order chi connectivity index (χ1) is 8.81. The lowest BCUT2D eigenvalue weighted by molar-refractivity contribution is 0.0999. The number of benzene rings is 1. The zero-order valence-corrected chi connectivity index (χ0v) is 10.3. The Labute approximate surface area is 107 Å². The molecule has 0 amide bonds. The summed E-state index contributed by atoms with van der Waals surface area (Å²) < 4.78 is 5.35. The summed E-state index contributed by atoms with van der Waals surface area (Å²) in [6.07, 6.45) is 4.27. The summed E-state index contributed by atoms with van der Waals surface area (Å²) in [4.78, 5) is 11.5. The number of furan rings is 1. The first-order valence-electron chi connectivity index (χ1n) is 6.15. The van der Waals surface area contributed by atoms with E-state index in [1.165, 1.54) is 5.56 Å². The second-order valence-electron chi connectivity index (χ2n) is 4.22. The Balaban J connectivity index is 1.91. The zero-order chi connectivity index (χ0) is 12.8. The highest BCUT2D eigenvalue weighted by Gasteiger charge is 2.12. The van der Waals surface area contributed by atoms with E-state index in [1.54, 1.807) is 12.3 Å². The SMILES string of the molecule is NCC(=O)c1ccoc1CCCc1ccccc1. The monoisotopic (exact) mass is 243 g/mol. The quantitative estimate of drug-likeness (QED) is 0.793. The van der Waals surface area contributed by atoms with Crippen LogP contribution in [0.15, 0.2) is 47.1 Å². The molecule has 2 aromatic rings. The fourth-order valence-corrected chi connectivity index (χ4v) is 1.99. The van der Waals surface area contributed by atoms with Gasteiger partial charge in [0.15, 0.2) is 5.78 Å². The Kier molecular flexibility index (Phi) is 4.31. The number of carbonyl (C=O) groups is 1. The van der Waals surface area contributed by atoms with Gasteiger partial charge in [-0.25, -0.2) is 0 Å². The topological polar surface area (TPSA) is 56.2 Å². The number of ketones is 1. The summed E-state index contributed by atoms with van der Waals surface area (Å²) in [7, 11) is 0. The van der Waals surface area contributed by atoms with E-state index in [0.29, 0.717) is 5.56 Å². The number of aryl methyl sites for hydroxylation is 2. The van der Waals surface area contributed by atoms with E-state index in [1.807, 2.05) is 18.2 Å². The lowest BCUT2D eigenvalue weighted by Gasteiger charge is -2.02. The van der Waals surface area contributed by atoms with Crippen molar-refractivity contribution in [3.05, 3.63) is 59.5 Å². The summed E-state index contributed by atoms with van der Waals surface area (Å²) in [6.45, 7) is 0.0330. The van der Waals surface area contributed by atoms with Crippen molar-refractivity contribution in [2.75, 3.05) is 6.54 Å². The van der Waals surface area contributed by atoms with Crippen LogP contribution in [-0.2, 0) is 12.8 Å². The van der Waals surface area contributed by atoms with Crippen LogP contribution in [0.4, 0.5) is 0 Å². The third-order valence-electron chi connectivity index (χ3n) is 2.94. The minimum Gasteiger partial charge on any atom is -0.469 e. The van der Waals surface area contributed by atoms with Gasteiger partial charge in [-0.3, -0.25) is 4.79 Å². The standard InChI is InChI=1S/C15H17NO2/c16-11-14(17)13-9-10-18-15(13)8-4-7-12-5-2-1-3-6-12/h1-3,5-6,9-10H,4,7-8,11,16H2. The second kappa shape index (κ2) is 6.17. The van der Waals surface area contributed by atoms with Crippen molar-refractivity contribution in [1.29, 1.82) is 0 Å². The molecule has 3 nitrogen and oxygen atoms in total. The lowest BCUT2D eigenvalue weighted by Crippen LogP contribution is -2.14. The largest absolute Gasteiger partial charge is 0.469 e. The molecule has 94 valence electrons. The Bertz CT molecular complexity index is 502. The molecule has 0 spiro atoms. The zero-order valence-electron chi connectivity index (χ0n) is 10.3. The van der Waals surface area contributed by atoms with Gasteiger partial charge >= 0.3 is 0 Å². The Morgan fingerprint density at radius 1 is 1.11 bits per heavy atom. The van der Waals surface area contributed by atoms with Gasteiger partial charge in [0.2, 0.25) is 0 Å². The van der Waals surface area contributed by atoms with Crippen LogP contribution in [0.1, 0.15) is 28.1 Å². The van der Waals surface area contributed by atoms with Gasteiger partial charge in [0.25, 0.3) is 0 Å². The van der Waals surface area contributed by atoms with E-state index in [-0.39, 0.29) is 12.3 Å². The van der Waals surface area contributed by atoms with E-state index in [9.17, 15) is 4.79 Å². The highest BCUT2D eigenvalue weighted by molar-refractivity contribution is 5.98. The molecule has 18 heavy (non-hydrogen) atoms. The molecule has 2 N–H and O–H groups in total. The fourth-order valence-electron chi connectivity index (χ4n) is 1.99. The van der Waals surface area contributed by atoms with Crippen LogP contribution in [0, 0.1) is 0 Å². The average molecular weight is 243 g/mol. The Morgan fingerprint density at radius 3 is 2.61 bits per heavy atom. The van der Waals surface area contributed by atoms with Crippen molar-refractivity contribution in [3.8, 4) is 0 Å². The molecular weight excluding hydrogens is 226 g/mol. The molecule has 0 saturated carbocycles. The van der Waals surface area contributed by atoms with Crippen molar-refractivity contribution in [2.45, 2.75) is 19.3 Å². The average Bonchev–Trinajstić information content (AvgIpc) is 2.87. The van der Waals surface area contributed by atoms with Gasteiger partial charge in [-0.05, 0) is 24.5 Å². The molecule has 0 aliphatic heterocycles. The molecule has 0 saturated heterocycles. The molecule has 1 aromatic carbocycles. The van der Waals surface area contributed by atoms with Crippen LogP contribution in [-0.4, -0.2) is 12.3 Å². The molecule has 0 bridgehead atoms. The molecule has 0 fully saturated rings. The maximum Gasteiger partial charge on any atom is 0.179 e. The van der Waals surface area contributed by atoms with Crippen LogP contribution >= 0.6 is 0 Å². The fraction of sp³-hybridized carbons (Fsp3) is 0.267. The van der Waals surface area contributed by atoms with Crippen LogP contribution in [0.25, 0.3) is 0 Å². The van der Waals surface area contributed by atoms with Gasteiger partial charge in [0, 0.05) is 6.42 Å². The number of Topliss-reactive ketones (excluding diaryl/α,β-unsaturated/α-hetero) is 1. The van der Waals surface area contributed by atoms with E-state index in [2.05, 4.69) is 12.1 Å². The molecule has 0 unspecified atom stereocenters. The molecule has 0 radical (unpaired) electrons. The molecule has 3 heteroatoms. The van der Waals surface area contributed by atoms with Crippen LogP contribution in [0.2, 0.25) is 0 Å². The summed E-state index contributed by atoms with van der Waals surface area (Å²) in [5, 5.41) is 0. The highest BCUT2D eigenvalue weighted by Crippen LogP contribution is 2.14. The molecule has 1 aromatic heterocycles. The first kappa shape index (κ1) is 12.6. The molecule has 2 rings (SSSR count). The maximum atomic E-state index is 11.5. The third-order valence-corrected chi connectivity index (χ3v) is 2.94. The smallest absolute Gasteiger partial charge is 0.179 e. The summed E-state index contributed by atoms with van der Waals surface area (Å²) >= 11 is 0. The number of hydrogen-bond acceptors (Lipinski definition) is 3. The summed E-state index contributed by atoms with van der Waals surface area (Å²) in [6, 6.07) is 12.0. The van der Waals surface area contributed by atoms with Gasteiger partial charge in [0.1, 0.15) is 5.76 Å². The highest BCUT2D eigenvalue weighted by atomic mass is 16.3. The van der Waals surface area contributed by atoms with Gasteiger partial charge in [0.05, 0.1) is 18.4 Å². The molecule has 0 aliphatic carbocycles. The van der Waals surface area contributed by atoms with Crippen molar-refractivity contribution < 1.29 is 9.21 Å². The number of rotatable bonds is 6. The van der Waals surface area contributed by atoms with E-state index >= 15 is 0 Å². The Hall–Kier alpha value is -1.87. The predicted molar refractivity (Wildman–Crippen MR) is 70.6 cm³/mol. The van der Waals surface area contributed by atoms with E-state index < -0.39 is 0 Å². The number of nitrogens with two attached hydrogens (primary N) is 1. The lowest BCUT2D eigenvalue weighted by atomic mass is 10.0. The van der Waals surface area contributed by atoms with Crippen molar-refractivity contribution in [3.63, 3.8) is 0 Å². The molecule has 0 aliphatic rings.